The van der Waals surface area contributed by atoms with Crippen molar-refractivity contribution in [1.29, 1.82) is 0 Å². The number of methoxy groups -OCH3 is 1. The van der Waals surface area contributed by atoms with Gasteiger partial charge >= 0.3 is 5.97 Å². The molecule has 2 N–H and O–H groups in total. The van der Waals surface area contributed by atoms with Crippen LogP contribution >= 0.6 is 11.8 Å². The number of nitrogens with one attached hydrogen (secondary N) is 1. The van der Waals surface area contributed by atoms with Gasteiger partial charge in [-0.3, -0.25) is 4.79 Å². The van der Waals surface area contributed by atoms with Crippen molar-refractivity contribution in [3.63, 3.8) is 0 Å². The van der Waals surface area contributed by atoms with Crippen LogP contribution in [0.1, 0.15) is 23.3 Å². The quantitative estimate of drug-likeness (QED) is 0.639. The third-order valence-electron chi connectivity index (χ3n) is 3.75. The number of hydrogen-bond donors (Lipinski definition) is 2. The molecule has 0 radical (unpaired) electrons. The van der Waals surface area contributed by atoms with Crippen LogP contribution in [0, 0.1) is 11.2 Å². The van der Waals surface area contributed by atoms with Gasteiger partial charge in [0.15, 0.2) is 0 Å². The molecule has 0 unspecified atom stereocenters. The predicted molar refractivity (Wildman–Crippen MR) is 111 cm³/mol. The number of carboxylic acid groups (broad SMARTS) is 1. The lowest BCUT2D eigenvalue weighted by Crippen LogP contribution is -2.43. The Morgan fingerprint density at radius 1 is 1.18 bits per heavy atom. The van der Waals surface area contributed by atoms with E-state index in [9.17, 15) is 18.3 Å². The number of ether oxygens (including phenoxy) is 1. The highest BCUT2D eigenvalue weighted by molar-refractivity contribution is 7.99. The highest BCUT2D eigenvalue weighted by atomic mass is 32.2. The number of aliphatic carboxylic acids is 1. The first kappa shape index (κ1) is 21.8. The van der Waals surface area contributed by atoms with Crippen molar-refractivity contribution in [1.82, 2.24) is 4.72 Å². The van der Waals surface area contributed by atoms with E-state index in [1.807, 2.05) is 13.0 Å². The van der Waals surface area contributed by atoms with Gasteiger partial charge in [-0.15, -0.1) is 0 Å². The summed E-state index contributed by atoms with van der Waals surface area (Å²) in [5, 5.41) is 11.2. The summed E-state index contributed by atoms with van der Waals surface area (Å²) >= 11 is 1.36. The summed E-state index contributed by atoms with van der Waals surface area (Å²) in [7, 11) is -2.62. The topological polar surface area (TPSA) is 92.7 Å². The lowest BCUT2D eigenvalue weighted by atomic mass is 10.1. The van der Waals surface area contributed by atoms with Gasteiger partial charge in [0, 0.05) is 10.8 Å². The van der Waals surface area contributed by atoms with Crippen molar-refractivity contribution in [3.8, 4) is 16.9 Å². The lowest BCUT2D eigenvalue weighted by molar-refractivity contribution is -0.139. The molecule has 148 valence electrons. The van der Waals surface area contributed by atoms with Gasteiger partial charge in [-0.1, -0.05) is 37.3 Å². The lowest BCUT2D eigenvalue weighted by Gasteiger charge is -2.23. The van der Waals surface area contributed by atoms with E-state index in [0.717, 1.165) is 5.56 Å². The minimum atomic E-state index is -4.15. The molecule has 0 bridgehead atoms. The fourth-order valence-corrected chi connectivity index (χ4v) is 4.50. The van der Waals surface area contributed by atoms with Crippen molar-refractivity contribution in [3.05, 3.63) is 65.7 Å². The molecule has 0 spiro atoms. The monoisotopic (exact) mass is 419 g/mol. The molecule has 0 aliphatic rings. The maximum absolute atomic E-state index is 12.4. The largest absolute Gasteiger partial charge is 0.497 e. The average Bonchev–Trinajstić information content (AvgIpc) is 2.70. The smallest absolute Gasteiger partial charge is 0.323 e. The minimum absolute atomic E-state index is 0.473. The fraction of sp³-hybridized carbons (Fsp3) is 0.250. The van der Waals surface area contributed by atoms with E-state index in [1.54, 1.807) is 48.5 Å². The van der Waals surface area contributed by atoms with Crippen molar-refractivity contribution in [2.24, 2.45) is 0 Å². The maximum atomic E-state index is 12.4. The van der Waals surface area contributed by atoms with E-state index >= 15 is 0 Å². The molecule has 8 heteroatoms. The summed E-state index contributed by atoms with van der Waals surface area (Å²) in [5.74, 6) is 2.53. The predicted octanol–water partition coefficient (Wildman–Crippen LogP) is 2.87. The van der Waals surface area contributed by atoms with Crippen LogP contribution < -0.4 is 9.46 Å². The summed E-state index contributed by atoms with van der Waals surface area (Å²) in [5.41, 5.74) is 1.20. The summed E-state index contributed by atoms with van der Waals surface area (Å²) in [6, 6.07) is 14.2. The van der Waals surface area contributed by atoms with E-state index in [1.165, 1.54) is 18.9 Å². The van der Waals surface area contributed by atoms with E-state index in [4.69, 9.17) is 4.74 Å². The Kier molecular flexibility index (Phi) is 7.93. The summed E-state index contributed by atoms with van der Waals surface area (Å²) in [4.78, 5) is 11.8. The van der Waals surface area contributed by atoms with Crippen LogP contribution in [0.4, 0.5) is 0 Å². The highest BCUT2D eigenvalue weighted by Gasteiger charge is 2.32. The molecule has 0 saturated heterocycles. The van der Waals surface area contributed by atoms with Crippen molar-refractivity contribution in [2.45, 2.75) is 18.2 Å². The van der Waals surface area contributed by atoms with Gasteiger partial charge in [0.25, 0.3) is 10.0 Å². The number of carbonyl (C=O) groups is 1. The van der Waals surface area contributed by atoms with Crippen LogP contribution in [0.5, 0.6) is 5.75 Å². The molecule has 0 heterocycles. The zero-order chi connectivity index (χ0) is 20.6. The first-order chi connectivity index (χ1) is 13.4. The van der Waals surface area contributed by atoms with Crippen molar-refractivity contribution < 1.29 is 23.1 Å². The number of hydrogen-bond acceptors (Lipinski definition) is 5. The van der Waals surface area contributed by atoms with Crippen molar-refractivity contribution in [2.75, 3.05) is 12.9 Å². The van der Waals surface area contributed by atoms with E-state index < -0.39 is 27.3 Å². The second-order valence-corrected chi connectivity index (χ2v) is 8.54. The van der Waals surface area contributed by atoms with Crippen molar-refractivity contribution >= 4 is 27.8 Å². The molecule has 0 aromatic heterocycles. The average molecular weight is 420 g/mol. The van der Waals surface area contributed by atoms with Gasteiger partial charge in [-0.2, -0.15) is 24.9 Å². The van der Waals surface area contributed by atoms with E-state index in [-0.39, 0.29) is 0 Å². The molecule has 28 heavy (non-hydrogen) atoms. The Balaban J connectivity index is 2.26. The molecule has 2 aromatic carbocycles. The SMILES string of the molecule is CCS[C@H](c1ccccc1)[C@@H](NS(=O)(=O)C#Cc1ccc(OC)cc1)C(=O)O. The summed E-state index contributed by atoms with van der Waals surface area (Å²) in [6.45, 7) is 1.89. The Morgan fingerprint density at radius 3 is 2.36 bits per heavy atom. The third-order valence-corrected chi connectivity index (χ3v) is 5.92. The Morgan fingerprint density at radius 2 is 1.82 bits per heavy atom. The Bertz CT molecular complexity index is 948. The number of rotatable bonds is 8. The van der Waals surface area contributed by atoms with Gasteiger partial charge < -0.3 is 9.84 Å². The number of sulfonamides is 1. The fourth-order valence-electron chi connectivity index (χ4n) is 2.45. The van der Waals surface area contributed by atoms with Gasteiger partial charge in [0.05, 0.1) is 12.4 Å². The normalized spacial score (nSPS) is 13.1. The van der Waals surface area contributed by atoms with Crippen LogP contribution in [-0.2, 0) is 14.8 Å². The molecule has 0 fully saturated rings. The highest BCUT2D eigenvalue weighted by Crippen LogP contribution is 2.32. The standard InChI is InChI=1S/C20H21NO5S2/c1-3-27-19(16-7-5-4-6-8-16)18(20(22)23)21-28(24,25)14-13-15-9-11-17(26-2)12-10-15/h4-12,18-19,21H,3H2,1-2H3,(H,22,23)/t18-,19-/m1/s1. The van der Waals surface area contributed by atoms with E-state index in [0.29, 0.717) is 17.1 Å². The first-order valence-electron chi connectivity index (χ1n) is 8.44. The minimum Gasteiger partial charge on any atom is -0.497 e. The second-order valence-electron chi connectivity index (χ2n) is 5.68. The molecule has 0 saturated carbocycles. The summed E-state index contributed by atoms with van der Waals surface area (Å²) < 4.78 is 32.1. The number of thioether (sulfide) groups is 1. The maximum Gasteiger partial charge on any atom is 0.323 e. The molecule has 2 rings (SSSR count). The van der Waals surface area contributed by atoms with Gasteiger partial charge in [0.1, 0.15) is 11.8 Å². The van der Waals surface area contributed by atoms with Crippen LogP contribution in [0.15, 0.2) is 54.6 Å². The molecule has 2 atom stereocenters. The zero-order valence-corrected chi connectivity index (χ0v) is 17.1. The molecule has 2 aromatic rings. The molecule has 0 aliphatic heterocycles. The molecule has 0 amide bonds. The van der Waals surface area contributed by atoms with Crippen LogP contribution in [-0.4, -0.2) is 38.4 Å². The van der Waals surface area contributed by atoms with Crippen LogP contribution in [0.3, 0.4) is 0 Å². The van der Waals surface area contributed by atoms with E-state index in [2.05, 4.69) is 15.9 Å². The Hall–Kier alpha value is -2.47. The zero-order valence-electron chi connectivity index (χ0n) is 15.5. The Labute approximate surface area is 169 Å². The first-order valence-corrected chi connectivity index (χ1v) is 11.0. The molecular weight excluding hydrogens is 398 g/mol. The van der Waals surface area contributed by atoms with Crippen LogP contribution in [0.2, 0.25) is 0 Å². The van der Waals surface area contributed by atoms with Crippen LogP contribution in [0.25, 0.3) is 0 Å². The second kappa shape index (κ2) is 10.2. The van der Waals surface area contributed by atoms with Gasteiger partial charge in [-0.25, -0.2) is 0 Å². The number of benzene rings is 2. The molecular formula is C20H21NO5S2. The summed E-state index contributed by atoms with van der Waals surface area (Å²) in [6.07, 6.45) is 0. The van der Waals surface area contributed by atoms with Gasteiger partial charge in [-0.05, 0) is 41.5 Å². The van der Waals surface area contributed by atoms with Gasteiger partial charge in [0.2, 0.25) is 0 Å². The number of carboxylic acids is 1. The third kappa shape index (κ3) is 6.30. The molecule has 6 nitrogen and oxygen atoms in total. The molecule has 0 aliphatic carbocycles.